The minimum Gasteiger partial charge on any atom is -0.379 e. The molecule has 10 heteroatoms. The van der Waals surface area contributed by atoms with Crippen molar-refractivity contribution < 1.29 is 23.4 Å². The predicted molar refractivity (Wildman–Crippen MR) is 137 cm³/mol. The molecule has 2 saturated heterocycles. The fourth-order valence-corrected chi connectivity index (χ4v) is 5.05. The van der Waals surface area contributed by atoms with Crippen LogP contribution in [-0.2, 0) is 4.74 Å². The number of nitrogens with zero attached hydrogens (tertiary/aromatic N) is 1. The van der Waals surface area contributed by atoms with E-state index in [-0.39, 0.29) is 11.8 Å². The van der Waals surface area contributed by atoms with E-state index in [0.717, 1.165) is 19.4 Å². The van der Waals surface area contributed by atoms with Gasteiger partial charge in [-0.1, -0.05) is 12.1 Å². The van der Waals surface area contributed by atoms with Crippen LogP contribution in [0.1, 0.15) is 47.8 Å². The molecule has 1 aromatic heterocycles. The first kappa shape index (κ1) is 28.8. The smallest absolute Gasteiger partial charge is 0.185 e. The maximum atomic E-state index is 13.4. The molecule has 2 fully saturated rings. The second kappa shape index (κ2) is 14.9. The molecule has 0 amide bonds. The first-order valence-corrected chi connectivity index (χ1v) is 12.6. The Kier molecular flexibility index (Phi) is 12.3. The Morgan fingerprint density at radius 1 is 1.43 bits per heavy atom. The van der Waals surface area contributed by atoms with E-state index < -0.39 is 12.7 Å². The second-order valence-corrected chi connectivity index (χ2v) is 9.56. The number of aliphatic hydroxyl groups excluding tert-OH is 1. The highest BCUT2D eigenvalue weighted by molar-refractivity contribution is 7.99. The Bertz CT molecular complexity index is 952. The highest BCUT2D eigenvalue weighted by Crippen LogP contribution is 2.26. The van der Waals surface area contributed by atoms with Crippen molar-refractivity contribution in [3.8, 4) is 0 Å². The number of rotatable bonds is 6. The molecule has 192 valence electrons. The van der Waals surface area contributed by atoms with Gasteiger partial charge in [0.25, 0.3) is 0 Å². The largest absolute Gasteiger partial charge is 0.379 e. The summed E-state index contributed by atoms with van der Waals surface area (Å²) in [5.74, 6) is 2.21. The Hall–Kier alpha value is -2.40. The van der Waals surface area contributed by atoms with Crippen molar-refractivity contribution in [2.75, 3.05) is 43.9 Å². The van der Waals surface area contributed by atoms with Crippen LogP contribution in [0.5, 0.6) is 0 Å². The first-order chi connectivity index (χ1) is 16.9. The lowest BCUT2D eigenvalue weighted by Crippen LogP contribution is -2.39. The Morgan fingerprint density at radius 2 is 2.20 bits per heavy atom. The maximum absolute atomic E-state index is 13.4. The third-order valence-electron chi connectivity index (χ3n) is 5.74. The highest BCUT2D eigenvalue weighted by atomic mass is 32.2. The zero-order valence-corrected chi connectivity index (χ0v) is 21.0. The van der Waals surface area contributed by atoms with Crippen LogP contribution in [0.3, 0.4) is 0 Å². The standard InChI is InChI=1S/C18H18FN3O2.C6H13NS.CH3FO/c19-14-4-1-3-13(8-14)17(20)18-16(7-12(10-23)9-21-18)22-15-5-2-6-24-11-15;1-6(7-2)3-4-8-5-6;2-1-3/h1,3-4,7-10,15,20,22H,2,5-6,11H2;7H,3-5H2,1-2H3;3H,1H2. The minimum absolute atomic E-state index is 0.0986. The van der Waals surface area contributed by atoms with Crippen LogP contribution < -0.4 is 10.6 Å². The van der Waals surface area contributed by atoms with Crippen molar-refractivity contribution in [2.24, 2.45) is 0 Å². The third-order valence-corrected chi connectivity index (χ3v) is 7.07. The molecule has 7 nitrogen and oxygen atoms in total. The number of aromatic nitrogens is 1. The molecule has 0 radical (unpaired) electrons. The second-order valence-electron chi connectivity index (χ2n) is 8.46. The van der Waals surface area contributed by atoms with Crippen LogP contribution in [0, 0.1) is 11.2 Å². The summed E-state index contributed by atoms with van der Waals surface area (Å²) in [6, 6.07) is 7.61. The van der Waals surface area contributed by atoms with Crippen LogP contribution in [0.15, 0.2) is 36.5 Å². The molecule has 2 atom stereocenters. The van der Waals surface area contributed by atoms with E-state index in [1.807, 2.05) is 18.8 Å². The summed E-state index contributed by atoms with van der Waals surface area (Å²) < 4.78 is 28.7. The number of carbonyl (C=O) groups is 1. The summed E-state index contributed by atoms with van der Waals surface area (Å²) in [6.45, 7) is 2.35. The molecule has 0 bridgehead atoms. The van der Waals surface area contributed by atoms with E-state index in [2.05, 4.69) is 22.5 Å². The van der Waals surface area contributed by atoms with Crippen LogP contribution >= 0.6 is 11.8 Å². The number of aliphatic hydroxyl groups is 1. The SMILES string of the molecule is CNC1(C)CCSC1.N=C(c1cccc(F)c1)c1ncc(C=O)cc1NC1CCCOC1.OCF. The van der Waals surface area contributed by atoms with Gasteiger partial charge in [-0.05, 0) is 57.2 Å². The van der Waals surface area contributed by atoms with Crippen LogP contribution in [0.4, 0.5) is 14.5 Å². The number of hydrogen-bond acceptors (Lipinski definition) is 8. The lowest BCUT2D eigenvalue weighted by Gasteiger charge is -2.25. The van der Waals surface area contributed by atoms with Crippen LogP contribution in [0.2, 0.25) is 0 Å². The van der Waals surface area contributed by atoms with Gasteiger partial charge in [0.05, 0.1) is 18.0 Å². The summed E-state index contributed by atoms with van der Waals surface area (Å²) in [4.78, 5) is 15.3. The van der Waals surface area contributed by atoms with Gasteiger partial charge in [0, 0.05) is 41.3 Å². The average molecular weight is 509 g/mol. The van der Waals surface area contributed by atoms with Gasteiger partial charge in [-0.3, -0.25) is 15.2 Å². The van der Waals surface area contributed by atoms with Crippen molar-refractivity contribution >= 4 is 29.4 Å². The van der Waals surface area contributed by atoms with Gasteiger partial charge in [0.1, 0.15) is 11.5 Å². The lowest BCUT2D eigenvalue weighted by atomic mass is 10.0. The number of aldehydes is 1. The number of hydrogen-bond donors (Lipinski definition) is 4. The topological polar surface area (TPSA) is 107 Å². The zero-order chi connectivity index (χ0) is 25.7. The van der Waals surface area contributed by atoms with E-state index in [9.17, 15) is 13.6 Å². The van der Waals surface area contributed by atoms with Crippen LogP contribution in [-0.4, -0.2) is 72.3 Å². The van der Waals surface area contributed by atoms with Crippen molar-refractivity contribution in [1.82, 2.24) is 10.3 Å². The van der Waals surface area contributed by atoms with Gasteiger partial charge in [0.2, 0.25) is 0 Å². The number of pyridine rings is 1. The van der Waals surface area contributed by atoms with Crippen molar-refractivity contribution in [3.05, 3.63) is 59.2 Å². The molecular weight excluding hydrogens is 474 g/mol. The highest BCUT2D eigenvalue weighted by Gasteiger charge is 2.26. The molecule has 0 aliphatic carbocycles. The summed E-state index contributed by atoms with van der Waals surface area (Å²) in [5.41, 5.74) is 2.38. The van der Waals surface area contributed by atoms with E-state index >= 15 is 0 Å². The molecule has 4 rings (SSSR count). The van der Waals surface area contributed by atoms with Crippen molar-refractivity contribution in [3.63, 3.8) is 0 Å². The normalized spacial score (nSPS) is 21.1. The van der Waals surface area contributed by atoms with Gasteiger partial charge in [-0.2, -0.15) is 11.8 Å². The molecule has 1 aromatic carbocycles. The number of nitrogens with one attached hydrogen (secondary N) is 3. The van der Waals surface area contributed by atoms with Crippen molar-refractivity contribution in [2.45, 2.75) is 37.8 Å². The molecule has 2 aliphatic rings. The fraction of sp³-hybridized carbons (Fsp3) is 0.480. The maximum Gasteiger partial charge on any atom is 0.185 e. The molecule has 3 heterocycles. The number of anilines is 1. The Morgan fingerprint density at radius 3 is 2.74 bits per heavy atom. The van der Waals surface area contributed by atoms with Gasteiger partial charge in [0.15, 0.2) is 13.1 Å². The van der Waals surface area contributed by atoms with E-state index in [0.29, 0.717) is 40.9 Å². The van der Waals surface area contributed by atoms with Gasteiger partial charge in [-0.15, -0.1) is 0 Å². The van der Waals surface area contributed by atoms with Gasteiger partial charge >= 0.3 is 0 Å². The number of halogens is 2. The quantitative estimate of drug-likeness (QED) is 0.345. The van der Waals surface area contributed by atoms with E-state index in [1.54, 1.807) is 18.2 Å². The zero-order valence-electron chi connectivity index (χ0n) is 20.2. The van der Waals surface area contributed by atoms with Gasteiger partial charge in [-0.25, -0.2) is 8.78 Å². The minimum atomic E-state index is -1.25. The Labute approximate surface area is 209 Å². The number of thioether (sulfide) groups is 1. The summed E-state index contributed by atoms with van der Waals surface area (Å²) in [5, 5.41) is 21.9. The molecule has 0 spiro atoms. The number of benzene rings is 1. The first-order valence-electron chi connectivity index (χ1n) is 11.4. The monoisotopic (exact) mass is 508 g/mol. The molecular formula is C25H34F2N4O3S. The molecule has 0 saturated carbocycles. The molecule has 4 N–H and O–H groups in total. The Balaban J connectivity index is 0.000000327. The predicted octanol–water partition coefficient (Wildman–Crippen LogP) is 4.05. The summed E-state index contributed by atoms with van der Waals surface area (Å²) >= 11 is 2.04. The lowest BCUT2D eigenvalue weighted by molar-refractivity contribution is 0.0876. The fourth-order valence-electron chi connectivity index (χ4n) is 3.57. The molecule has 35 heavy (non-hydrogen) atoms. The van der Waals surface area contributed by atoms with Crippen molar-refractivity contribution in [1.29, 1.82) is 5.41 Å². The molecule has 2 aliphatic heterocycles. The summed E-state index contributed by atoms with van der Waals surface area (Å²) in [6.07, 6.45) is 5.35. The van der Waals surface area contributed by atoms with Gasteiger partial charge < -0.3 is 20.5 Å². The van der Waals surface area contributed by atoms with E-state index in [4.69, 9.17) is 15.3 Å². The van der Waals surface area contributed by atoms with E-state index in [1.165, 1.54) is 36.3 Å². The average Bonchev–Trinajstić information content (AvgIpc) is 3.32. The van der Waals surface area contributed by atoms with Crippen LogP contribution in [0.25, 0.3) is 0 Å². The molecule has 2 aromatic rings. The number of alkyl halides is 1. The number of carbonyl (C=O) groups excluding carboxylic acids is 1. The third kappa shape index (κ3) is 9.29. The number of ether oxygens (including phenoxy) is 1. The summed E-state index contributed by atoms with van der Waals surface area (Å²) in [7, 11) is 2.05. The molecule has 2 unspecified atom stereocenters.